The van der Waals surface area contributed by atoms with E-state index in [-0.39, 0.29) is 0 Å². The lowest BCUT2D eigenvalue weighted by Crippen LogP contribution is -2.10. The molecule has 0 saturated carbocycles. The number of aryl methyl sites for hydroxylation is 1. The van der Waals surface area contributed by atoms with Crippen molar-refractivity contribution in [1.29, 1.82) is 0 Å². The number of aromatic nitrogens is 3. The fourth-order valence-corrected chi connectivity index (χ4v) is 0.557. The third-order valence-electron chi connectivity index (χ3n) is 1.01. The highest BCUT2D eigenvalue weighted by molar-refractivity contribution is 6.50. The monoisotopic (exact) mass is 109 g/mol. The number of hydrogen-bond donors (Lipinski definition) is 0. The van der Waals surface area contributed by atoms with Crippen LogP contribution in [0, 0.1) is 0 Å². The summed E-state index contributed by atoms with van der Waals surface area (Å²) in [5.41, 5.74) is 1.05. The average molecular weight is 109 g/mol. The maximum atomic E-state index is 3.85. The second kappa shape index (κ2) is 1.98. The summed E-state index contributed by atoms with van der Waals surface area (Å²) in [5, 5.41) is 7.60. The van der Waals surface area contributed by atoms with Crippen LogP contribution < -0.4 is 5.59 Å². The molecule has 1 aromatic heterocycles. The van der Waals surface area contributed by atoms with Crippen molar-refractivity contribution in [2.45, 2.75) is 6.82 Å². The van der Waals surface area contributed by atoms with E-state index in [1.807, 2.05) is 13.2 Å². The molecule has 0 aromatic carbocycles. The van der Waals surface area contributed by atoms with Gasteiger partial charge in [0.05, 0.1) is 0 Å². The largest absolute Gasteiger partial charge is 0.256 e. The van der Waals surface area contributed by atoms with Crippen molar-refractivity contribution >= 4 is 12.9 Å². The minimum atomic E-state index is 0.966. The second-order valence-electron chi connectivity index (χ2n) is 1.74. The van der Waals surface area contributed by atoms with E-state index in [1.165, 1.54) is 0 Å². The molecule has 0 aliphatic carbocycles. The molecule has 3 nitrogen and oxygen atoms in total. The van der Waals surface area contributed by atoms with Gasteiger partial charge in [0.15, 0.2) is 7.28 Å². The van der Waals surface area contributed by atoms with E-state index < -0.39 is 0 Å². The van der Waals surface area contributed by atoms with Crippen molar-refractivity contribution in [2.24, 2.45) is 7.05 Å². The molecular formula is C4H8BN3. The molecule has 0 aliphatic rings. The molecule has 0 spiro atoms. The van der Waals surface area contributed by atoms with Gasteiger partial charge in [-0.1, -0.05) is 12.0 Å². The van der Waals surface area contributed by atoms with Gasteiger partial charge in [-0.05, 0) is 0 Å². The van der Waals surface area contributed by atoms with E-state index in [4.69, 9.17) is 0 Å². The number of rotatable bonds is 1. The van der Waals surface area contributed by atoms with Gasteiger partial charge in [0.2, 0.25) is 0 Å². The topological polar surface area (TPSA) is 30.7 Å². The molecule has 0 aliphatic heterocycles. The third-order valence-corrected chi connectivity index (χ3v) is 1.01. The SMILES string of the molecule is CBc1cn(C)nn1. The molecule has 0 atom stereocenters. The molecule has 0 radical (unpaired) electrons. The molecule has 1 heterocycles. The van der Waals surface area contributed by atoms with Gasteiger partial charge in [0.25, 0.3) is 0 Å². The van der Waals surface area contributed by atoms with Crippen LogP contribution in [-0.2, 0) is 7.05 Å². The van der Waals surface area contributed by atoms with Gasteiger partial charge in [-0.3, -0.25) is 4.68 Å². The maximum absolute atomic E-state index is 3.85. The summed E-state index contributed by atoms with van der Waals surface area (Å²) >= 11 is 0. The first-order chi connectivity index (χ1) is 3.83. The van der Waals surface area contributed by atoms with Crippen molar-refractivity contribution in [3.05, 3.63) is 6.20 Å². The Morgan fingerprint density at radius 3 is 2.75 bits per heavy atom. The number of hydrogen-bond acceptors (Lipinski definition) is 2. The van der Waals surface area contributed by atoms with Crippen LogP contribution in [0.4, 0.5) is 0 Å². The van der Waals surface area contributed by atoms with E-state index in [9.17, 15) is 0 Å². The lowest BCUT2D eigenvalue weighted by atomic mass is 9.79. The Balaban J connectivity index is 2.84. The zero-order valence-corrected chi connectivity index (χ0v) is 5.13. The highest BCUT2D eigenvalue weighted by atomic mass is 15.4. The average Bonchev–Trinajstić information content (AvgIpc) is 2.14. The molecule has 1 rings (SSSR count). The Bertz CT molecular complexity index is 172. The van der Waals surface area contributed by atoms with E-state index >= 15 is 0 Å². The Hall–Kier alpha value is -0.795. The van der Waals surface area contributed by atoms with Crippen LogP contribution in [0.5, 0.6) is 0 Å². The molecule has 0 N–H and O–H groups in total. The van der Waals surface area contributed by atoms with Crippen LogP contribution in [0.25, 0.3) is 0 Å². The lowest BCUT2D eigenvalue weighted by molar-refractivity contribution is 0.715. The lowest BCUT2D eigenvalue weighted by Gasteiger charge is -1.77. The Morgan fingerprint density at radius 2 is 2.50 bits per heavy atom. The van der Waals surface area contributed by atoms with Crippen LogP contribution in [0.3, 0.4) is 0 Å². The zero-order valence-electron chi connectivity index (χ0n) is 5.13. The van der Waals surface area contributed by atoms with Crippen molar-refractivity contribution in [2.75, 3.05) is 0 Å². The van der Waals surface area contributed by atoms with Crippen LogP contribution >= 0.6 is 0 Å². The Morgan fingerprint density at radius 1 is 1.75 bits per heavy atom. The molecule has 8 heavy (non-hydrogen) atoms. The molecule has 1 aromatic rings. The first-order valence-corrected chi connectivity index (χ1v) is 2.68. The van der Waals surface area contributed by atoms with Gasteiger partial charge in [-0.25, -0.2) is 0 Å². The van der Waals surface area contributed by atoms with E-state index in [0.29, 0.717) is 0 Å². The van der Waals surface area contributed by atoms with Crippen molar-refractivity contribution in [3.8, 4) is 0 Å². The predicted molar refractivity (Wildman–Crippen MR) is 33.6 cm³/mol. The molecule has 0 fully saturated rings. The van der Waals surface area contributed by atoms with Gasteiger partial charge in [0, 0.05) is 18.8 Å². The minimum Gasteiger partial charge on any atom is -0.256 e. The summed E-state index contributed by atoms with van der Waals surface area (Å²) in [4.78, 5) is 0. The highest BCUT2D eigenvalue weighted by Gasteiger charge is 1.91. The summed E-state index contributed by atoms with van der Waals surface area (Å²) in [6, 6.07) is 0. The molecule has 42 valence electrons. The van der Waals surface area contributed by atoms with Gasteiger partial charge in [-0.15, -0.1) is 5.10 Å². The van der Waals surface area contributed by atoms with Gasteiger partial charge < -0.3 is 0 Å². The van der Waals surface area contributed by atoms with E-state index in [1.54, 1.807) is 4.68 Å². The number of nitrogens with zero attached hydrogens (tertiary/aromatic N) is 3. The summed E-state index contributed by atoms with van der Waals surface area (Å²) < 4.78 is 1.71. The standard InChI is InChI=1S/C4H8BN3/c1-5-4-3-8(2)7-6-4/h3,5H,1-2H3. The van der Waals surface area contributed by atoms with Crippen LogP contribution in [0.2, 0.25) is 6.82 Å². The van der Waals surface area contributed by atoms with E-state index in [2.05, 4.69) is 17.1 Å². The van der Waals surface area contributed by atoms with Crippen molar-refractivity contribution in [3.63, 3.8) is 0 Å². The molecule has 0 unspecified atom stereocenters. The fourth-order valence-electron chi connectivity index (χ4n) is 0.557. The quantitative estimate of drug-likeness (QED) is 0.429. The molecule has 4 heteroatoms. The van der Waals surface area contributed by atoms with Crippen molar-refractivity contribution in [1.82, 2.24) is 15.0 Å². The molecule has 0 bridgehead atoms. The minimum absolute atomic E-state index is 0.966. The predicted octanol–water partition coefficient (Wildman–Crippen LogP) is -1.08. The fraction of sp³-hybridized carbons (Fsp3) is 0.500. The summed E-state index contributed by atoms with van der Waals surface area (Å²) in [6.07, 6.45) is 1.92. The highest BCUT2D eigenvalue weighted by Crippen LogP contribution is 1.67. The summed E-state index contributed by atoms with van der Waals surface area (Å²) in [6.45, 7) is 2.06. The maximum Gasteiger partial charge on any atom is 0.183 e. The van der Waals surface area contributed by atoms with Crippen LogP contribution in [0.15, 0.2) is 6.20 Å². The normalized spacial score (nSPS) is 9.25. The third kappa shape index (κ3) is 0.884. The van der Waals surface area contributed by atoms with Gasteiger partial charge in [0.1, 0.15) is 0 Å². The van der Waals surface area contributed by atoms with Gasteiger partial charge >= 0.3 is 0 Å². The molecule has 0 saturated heterocycles. The van der Waals surface area contributed by atoms with Crippen molar-refractivity contribution < 1.29 is 0 Å². The second-order valence-corrected chi connectivity index (χ2v) is 1.74. The zero-order chi connectivity index (χ0) is 5.98. The van der Waals surface area contributed by atoms with Crippen LogP contribution in [0.1, 0.15) is 0 Å². The van der Waals surface area contributed by atoms with E-state index in [0.717, 1.165) is 12.9 Å². The Kier molecular flexibility index (Phi) is 1.33. The molecular weight excluding hydrogens is 101 g/mol. The first-order valence-electron chi connectivity index (χ1n) is 2.68. The molecule has 0 amide bonds. The van der Waals surface area contributed by atoms with Crippen LogP contribution in [-0.4, -0.2) is 22.3 Å². The summed E-state index contributed by atoms with van der Waals surface area (Å²) in [5.74, 6) is 0. The van der Waals surface area contributed by atoms with Gasteiger partial charge in [-0.2, -0.15) is 0 Å². The Labute approximate surface area is 48.9 Å². The smallest absolute Gasteiger partial charge is 0.183 e. The summed E-state index contributed by atoms with van der Waals surface area (Å²) in [7, 11) is 2.83. The first kappa shape index (κ1) is 5.34.